The molecule has 0 spiro atoms. The van der Waals surface area contributed by atoms with Crippen LogP contribution in [-0.2, 0) is 0 Å². The molecule has 5 unspecified atom stereocenters. The predicted octanol–water partition coefficient (Wildman–Crippen LogP) is 9.13. The summed E-state index contributed by atoms with van der Waals surface area (Å²) in [6.45, 7) is 2.10. The van der Waals surface area contributed by atoms with Crippen LogP contribution in [0.15, 0.2) is 12.2 Å². The molecule has 0 saturated heterocycles. The lowest BCUT2D eigenvalue weighted by atomic mass is 9.62. The molecule has 0 heterocycles. The highest BCUT2D eigenvalue weighted by Gasteiger charge is 2.46. The monoisotopic (exact) mass is 470 g/mol. The molecule has 0 aromatic carbocycles. The second-order valence-electron chi connectivity index (χ2n) is 12.1. The first kappa shape index (κ1) is 25.5. The van der Waals surface area contributed by atoms with Gasteiger partial charge in [-0.3, -0.25) is 0 Å². The maximum atomic E-state index is 15.2. The van der Waals surface area contributed by atoms with Crippen LogP contribution in [0.25, 0.3) is 0 Å². The number of hydrogen-bond acceptors (Lipinski definition) is 0. The number of hydrogen-bond donors (Lipinski definition) is 0. The molecule has 33 heavy (non-hydrogen) atoms. The Morgan fingerprint density at radius 2 is 1.06 bits per heavy atom. The molecule has 0 N–H and O–H groups in total. The minimum atomic E-state index is -2.01. The molecule has 190 valence electrons. The Hall–Kier alpha value is -0.540. The van der Waals surface area contributed by atoms with Gasteiger partial charge >= 0.3 is 0 Å². The third-order valence-corrected chi connectivity index (χ3v) is 10.2. The van der Waals surface area contributed by atoms with Crippen molar-refractivity contribution < 1.29 is 17.6 Å². The van der Waals surface area contributed by atoms with Crippen molar-refractivity contribution >= 4 is 0 Å². The number of rotatable bonds is 6. The summed E-state index contributed by atoms with van der Waals surface area (Å²) >= 11 is 0. The second kappa shape index (κ2) is 11.9. The van der Waals surface area contributed by atoms with Crippen molar-refractivity contribution in [1.82, 2.24) is 0 Å². The van der Waals surface area contributed by atoms with Crippen LogP contribution in [0, 0.1) is 41.4 Å². The van der Waals surface area contributed by atoms with Gasteiger partial charge in [0.2, 0.25) is 0 Å². The Bertz CT molecular complexity index is 593. The fourth-order valence-corrected chi connectivity index (χ4v) is 8.17. The van der Waals surface area contributed by atoms with Crippen molar-refractivity contribution in [3.8, 4) is 0 Å². The molecule has 0 aromatic rings. The van der Waals surface area contributed by atoms with Crippen LogP contribution < -0.4 is 0 Å². The van der Waals surface area contributed by atoms with E-state index in [1.807, 2.05) is 0 Å². The van der Waals surface area contributed by atoms with E-state index >= 15 is 4.39 Å². The fourth-order valence-electron chi connectivity index (χ4n) is 8.17. The van der Waals surface area contributed by atoms with Gasteiger partial charge in [0.15, 0.2) is 6.17 Å². The highest BCUT2D eigenvalue weighted by molar-refractivity contribution is 4.95. The van der Waals surface area contributed by atoms with Crippen LogP contribution >= 0.6 is 0 Å². The zero-order valence-corrected chi connectivity index (χ0v) is 20.6. The van der Waals surface area contributed by atoms with Crippen LogP contribution in [0.1, 0.15) is 103 Å². The summed E-state index contributed by atoms with van der Waals surface area (Å²) in [5.41, 5.74) is 0. The quantitative estimate of drug-likeness (QED) is 0.268. The highest BCUT2D eigenvalue weighted by atomic mass is 19.2. The molecule has 0 radical (unpaired) electrons. The Morgan fingerprint density at radius 1 is 0.576 bits per heavy atom. The first-order chi connectivity index (χ1) is 16.0. The largest absolute Gasteiger partial charge is 0.247 e. The van der Waals surface area contributed by atoms with Gasteiger partial charge in [-0.15, -0.1) is 0 Å². The average molecular weight is 471 g/mol. The maximum absolute atomic E-state index is 15.2. The zero-order valence-electron chi connectivity index (χ0n) is 20.6. The molecule has 4 heteroatoms. The van der Waals surface area contributed by atoms with Crippen molar-refractivity contribution in [3.63, 3.8) is 0 Å². The van der Waals surface area contributed by atoms with E-state index in [0.29, 0.717) is 18.3 Å². The summed E-state index contributed by atoms with van der Waals surface area (Å²) in [6.07, 6.45) is 13.5. The van der Waals surface area contributed by atoms with Gasteiger partial charge in [0, 0.05) is 0 Å². The van der Waals surface area contributed by atoms with Gasteiger partial charge in [0.25, 0.3) is 0 Å². The third kappa shape index (κ3) is 6.37. The molecular weight excluding hydrogens is 424 g/mol. The third-order valence-electron chi connectivity index (χ3n) is 10.2. The fraction of sp³-hybridized carbons (Fsp3) is 0.931. The first-order valence-corrected chi connectivity index (χ1v) is 14.1. The van der Waals surface area contributed by atoms with Crippen LogP contribution in [0.3, 0.4) is 0 Å². The van der Waals surface area contributed by atoms with Crippen LogP contribution in [0.4, 0.5) is 17.6 Å². The van der Waals surface area contributed by atoms with Crippen molar-refractivity contribution in [2.45, 2.75) is 128 Å². The molecule has 0 bridgehead atoms. The number of allylic oxidation sites excluding steroid dienone is 2. The Labute approximate surface area is 199 Å². The Kier molecular flexibility index (Phi) is 9.24. The molecule has 4 aliphatic carbocycles. The predicted molar refractivity (Wildman–Crippen MR) is 128 cm³/mol. The minimum absolute atomic E-state index is 0.00000147. The normalized spacial score (nSPS) is 47.6. The molecule has 0 nitrogen and oxygen atoms in total. The van der Waals surface area contributed by atoms with Crippen molar-refractivity contribution in [2.24, 2.45) is 41.4 Å². The van der Waals surface area contributed by atoms with E-state index < -0.39 is 24.7 Å². The van der Waals surface area contributed by atoms with Gasteiger partial charge in [0.05, 0.1) is 0 Å². The van der Waals surface area contributed by atoms with Crippen LogP contribution in [0.5, 0.6) is 0 Å². The van der Waals surface area contributed by atoms with Crippen molar-refractivity contribution in [1.29, 1.82) is 0 Å². The first-order valence-electron chi connectivity index (χ1n) is 14.1. The average Bonchev–Trinajstić information content (AvgIpc) is 2.83. The maximum Gasteiger partial charge on any atom is 0.162 e. The summed E-state index contributed by atoms with van der Waals surface area (Å²) < 4.78 is 56.4. The van der Waals surface area contributed by atoms with Crippen molar-refractivity contribution in [2.75, 3.05) is 0 Å². The highest BCUT2D eigenvalue weighted by Crippen LogP contribution is 2.49. The van der Waals surface area contributed by atoms with E-state index in [0.717, 1.165) is 30.6 Å². The summed E-state index contributed by atoms with van der Waals surface area (Å²) in [5.74, 6) is 3.15. The summed E-state index contributed by atoms with van der Waals surface area (Å²) in [6, 6.07) is 0. The molecule has 0 aliphatic heterocycles. The van der Waals surface area contributed by atoms with Gasteiger partial charge in [-0.05, 0) is 132 Å². The number of alkyl halides is 4. The minimum Gasteiger partial charge on any atom is -0.247 e. The lowest BCUT2D eigenvalue weighted by Crippen LogP contribution is -2.43. The SMILES string of the molecule is C/C=C/CCC1CCC(C2CCC(C3CCC(C4CC(F)C(F)C(F)C4)C(F)C3)CC2)CC1. The molecule has 0 amide bonds. The molecule has 0 aromatic heterocycles. The lowest BCUT2D eigenvalue weighted by Gasteiger charge is -2.44. The lowest BCUT2D eigenvalue weighted by molar-refractivity contribution is -0.0292. The van der Waals surface area contributed by atoms with Crippen LogP contribution in [-0.4, -0.2) is 24.7 Å². The van der Waals surface area contributed by atoms with Crippen LogP contribution in [0.2, 0.25) is 0 Å². The second-order valence-corrected chi connectivity index (χ2v) is 12.1. The van der Waals surface area contributed by atoms with E-state index in [1.54, 1.807) is 0 Å². The Balaban J connectivity index is 1.18. The van der Waals surface area contributed by atoms with E-state index in [2.05, 4.69) is 19.1 Å². The molecule has 4 fully saturated rings. The summed E-state index contributed by atoms with van der Waals surface area (Å²) in [5, 5.41) is 0. The molecule has 4 saturated carbocycles. The van der Waals surface area contributed by atoms with E-state index in [-0.39, 0.29) is 24.7 Å². The standard InChI is InChI=1S/C29H46F4/c1-2-3-4-5-19-6-8-20(9-7-19)21-10-12-22(13-11-21)23-14-15-25(26(30)16-23)24-17-27(31)29(33)28(32)18-24/h2-3,19-29H,4-18H2,1H3/b3-2+. The molecule has 5 atom stereocenters. The smallest absolute Gasteiger partial charge is 0.162 e. The van der Waals surface area contributed by atoms with Gasteiger partial charge < -0.3 is 0 Å². The number of halogens is 4. The van der Waals surface area contributed by atoms with E-state index in [4.69, 9.17) is 0 Å². The zero-order chi connectivity index (χ0) is 23.4. The molecule has 4 rings (SSSR count). The summed E-state index contributed by atoms with van der Waals surface area (Å²) in [7, 11) is 0. The van der Waals surface area contributed by atoms with Gasteiger partial charge in [-0.25, -0.2) is 17.6 Å². The Morgan fingerprint density at radius 3 is 1.61 bits per heavy atom. The summed E-state index contributed by atoms with van der Waals surface area (Å²) in [4.78, 5) is 0. The van der Waals surface area contributed by atoms with E-state index in [9.17, 15) is 13.2 Å². The molecular formula is C29H46F4. The van der Waals surface area contributed by atoms with Gasteiger partial charge in [-0.2, -0.15) is 0 Å². The van der Waals surface area contributed by atoms with E-state index in [1.165, 1.54) is 64.2 Å². The van der Waals surface area contributed by atoms with Crippen molar-refractivity contribution in [3.05, 3.63) is 12.2 Å². The van der Waals surface area contributed by atoms with Gasteiger partial charge in [-0.1, -0.05) is 25.0 Å². The van der Waals surface area contributed by atoms with Gasteiger partial charge in [0.1, 0.15) is 18.5 Å². The molecule has 4 aliphatic rings. The topological polar surface area (TPSA) is 0 Å².